The van der Waals surface area contributed by atoms with E-state index < -0.39 is 0 Å². The molecule has 1 N–H and O–H groups in total. The van der Waals surface area contributed by atoms with Crippen LogP contribution in [-0.4, -0.2) is 50.2 Å². The van der Waals surface area contributed by atoms with Crippen LogP contribution in [0.25, 0.3) is 0 Å². The first-order chi connectivity index (χ1) is 8.50. The van der Waals surface area contributed by atoms with E-state index >= 15 is 0 Å². The molecule has 4 nitrogen and oxygen atoms in total. The lowest BCUT2D eigenvalue weighted by Crippen LogP contribution is -2.42. The molecule has 0 aromatic rings. The highest BCUT2D eigenvalue weighted by molar-refractivity contribution is 5.78. The number of ether oxygens (including phenoxy) is 1. The maximum absolute atomic E-state index is 12.0. The molecular weight excluding hydrogens is 228 g/mol. The molecule has 0 aromatic heterocycles. The highest BCUT2D eigenvalue weighted by Crippen LogP contribution is 2.26. The molecule has 1 saturated carbocycles. The average molecular weight is 256 g/mol. The summed E-state index contributed by atoms with van der Waals surface area (Å²) in [6.07, 6.45) is 3.36. The molecule has 106 valence electrons. The van der Waals surface area contributed by atoms with Crippen LogP contribution < -0.4 is 5.32 Å². The van der Waals surface area contributed by atoms with Crippen molar-refractivity contribution in [3.63, 3.8) is 0 Å². The van der Waals surface area contributed by atoms with Crippen molar-refractivity contribution in [3.8, 4) is 0 Å². The molecule has 0 bridgehead atoms. The summed E-state index contributed by atoms with van der Waals surface area (Å²) in [5.74, 6) is 0.238. The Morgan fingerprint density at radius 3 is 2.61 bits per heavy atom. The van der Waals surface area contributed by atoms with Crippen LogP contribution >= 0.6 is 0 Å². The number of rotatable bonds is 9. The number of carbonyl (C=O) groups is 1. The first-order valence-corrected chi connectivity index (χ1v) is 6.99. The Kier molecular flexibility index (Phi) is 6.09. The molecule has 1 aliphatic rings. The summed E-state index contributed by atoms with van der Waals surface area (Å²) in [4.78, 5) is 14.0. The van der Waals surface area contributed by atoms with Gasteiger partial charge in [-0.25, -0.2) is 0 Å². The van der Waals surface area contributed by atoms with Crippen LogP contribution in [0.1, 0.15) is 40.0 Å². The molecule has 0 saturated heterocycles. The maximum atomic E-state index is 12.0. The van der Waals surface area contributed by atoms with E-state index in [1.165, 1.54) is 12.8 Å². The van der Waals surface area contributed by atoms with E-state index in [1.54, 1.807) is 7.11 Å². The fourth-order valence-electron chi connectivity index (χ4n) is 2.10. The second-order valence-corrected chi connectivity index (χ2v) is 5.92. The largest absolute Gasteiger partial charge is 0.385 e. The van der Waals surface area contributed by atoms with Gasteiger partial charge in [-0.2, -0.15) is 0 Å². The zero-order valence-corrected chi connectivity index (χ0v) is 12.3. The molecule has 0 spiro atoms. The Bertz CT molecular complexity index is 263. The molecule has 1 rings (SSSR count). The lowest BCUT2D eigenvalue weighted by Gasteiger charge is -2.26. The van der Waals surface area contributed by atoms with Crippen LogP contribution in [0.5, 0.6) is 0 Å². The molecule has 4 heteroatoms. The predicted molar refractivity (Wildman–Crippen MR) is 73.6 cm³/mol. The quantitative estimate of drug-likeness (QED) is 0.682. The van der Waals surface area contributed by atoms with Gasteiger partial charge in [0.25, 0.3) is 0 Å². The third-order valence-electron chi connectivity index (χ3n) is 3.51. The fourth-order valence-corrected chi connectivity index (χ4v) is 2.10. The minimum absolute atomic E-state index is 0.174. The van der Waals surface area contributed by atoms with Crippen molar-refractivity contribution in [3.05, 3.63) is 0 Å². The van der Waals surface area contributed by atoms with Crippen LogP contribution in [-0.2, 0) is 9.53 Å². The van der Waals surface area contributed by atoms with Crippen LogP contribution in [0, 0.1) is 5.41 Å². The van der Waals surface area contributed by atoms with Gasteiger partial charge in [0, 0.05) is 32.8 Å². The Balaban J connectivity index is 2.21. The Labute approximate surface area is 111 Å². The van der Waals surface area contributed by atoms with E-state index in [-0.39, 0.29) is 11.3 Å². The molecule has 0 heterocycles. The van der Waals surface area contributed by atoms with Crippen molar-refractivity contribution in [2.24, 2.45) is 5.41 Å². The van der Waals surface area contributed by atoms with Gasteiger partial charge < -0.3 is 15.0 Å². The number of hydrogen-bond donors (Lipinski definition) is 1. The summed E-state index contributed by atoms with van der Waals surface area (Å²) in [6.45, 7) is 9.36. The van der Waals surface area contributed by atoms with Crippen molar-refractivity contribution in [2.75, 3.05) is 33.4 Å². The van der Waals surface area contributed by atoms with Crippen molar-refractivity contribution < 1.29 is 9.53 Å². The van der Waals surface area contributed by atoms with Crippen LogP contribution in [0.2, 0.25) is 0 Å². The highest BCUT2D eigenvalue weighted by atomic mass is 16.5. The number of hydrogen-bond acceptors (Lipinski definition) is 3. The van der Waals surface area contributed by atoms with E-state index in [1.807, 2.05) is 4.90 Å². The van der Waals surface area contributed by atoms with Gasteiger partial charge in [-0.15, -0.1) is 0 Å². The number of methoxy groups -OCH3 is 1. The Hall–Kier alpha value is -0.610. The second-order valence-electron chi connectivity index (χ2n) is 5.92. The molecule has 0 aliphatic heterocycles. The molecule has 0 aromatic carbocycles. The zero-order valence-electron chi connectivity index (χ0n) is 12.3. The molecule has 1 amide bonds. The first kappa shape index (κ1) is 15.4. The lowest BCUT2D eigenvalue weighted by atomic mass is 9.90. The lowest BCUT2D eigenvalue weighted by molar-refractivity contribution is -0.130. The number of amides is 1. The molecule has 0 unspecified atom stereocenters. The SMILES string of the molecule is CCN(C(=O)CNCC(C)(C)CCOC)C1CC1. The van der Waals surface area contributed by atoms with E-state index in [0.29, 0.717) is 12.6 Å². The van der Waals surface area contributed by atoms with Gasteiger partial charge in [-0.1, -0.05) is 13.8 Å². The minimum atomic E-state index is 0.174. The normalized spacial score (nSPS) is 15.8. The molecule has 0 radical (unpaired) electrons. The van der Waals surface area contributed by atoms with E-state index in [9.17, 15) is 4.79 Å². The van der Waals surface area contributed by atoms with Gasteiger partial charge in [0.05, 0.1) is 6.54 Å². The highest BCUT2D eigenvalue weighted by Gasteiger charge is 2.31. The maximum Gasteiger partial charge on any atom is 0.236 e. The number of carbonyl (C=O) groups excluding carboxylic acids is 1. The van der Waals surface area contributed by atoms with E-state index in [0.717, 1.165) is 26.1 Å². The number of nitrogens with one attached hydrogen (secondary N) is 1. The van der Waals surface area contributed by atoms with Gasteiger partial charge in [0.15, 0.2) is 0 Å². The van der Waals surface area contributed by atoms with E-state index in [2.05, 4.69) is 26.1 Å². The monoisotopic (exact) mass is 256 g/mol. The third kappa shape index (κ3) is 5.36. The summed E-state index contributed by atoms with van der Waals surface area (Å²) in [5, 5.41) is 3.29. The van der Waals surface area contributed by atoms with Gasteiger partial charge >= 0.3 is 0 Å². The van der Waals surface area contributed by atoms with E-state index in [4.69, 9.17) is 4.74 Å². The van der Waals surface area contributed by atoms with Crippen LogP contribution in [0.4, 0.5) is 0 Å². The second kappa shape index (κ2) is 7.10. The smallest absolute Gasteiger partial charge is 0.236 e. The average Bonchev–Trinajstić information content (AvgIpc) is 3.12. The molecule has 0 atom stereocenters. The molecule has 1 fully saturated rings. The summed E-state index contributed by atoms with van der Waals surface area (Å²) in [6, 6.07) is 0.519. The zero-order chi connectivity index (χ0) is 13.6. The van der Waals surface area contributed by atoms with Gasteiger partial charge in [-0.05, 0) is 31.6 Å². The Morgan fingerprint density at radius 1 is 1.44 bits per heavy atom. The van der Waals surface area contributed by atoms with Crippen LogP contribution in [0.3, 0.4) is 0 Å². The molecule has 18 heavy (non-hydrogen) atoms. The number of likely N-dealkylation sites (N-methyl/N-ethyl adjacent to an activating group) is 1. The topological polar surface area (TPSA) is 41.6 Å². The third-order valence-corrected chi connectivity index (χ3v) is 3.51. The Morgan fingerprint density at radius 2 is 2.11 bits per heavy atom. The van der Waals surface area contributed by atoms with Crippen molar-refractivity contribution >= 4 is 5.91 Å². The molecular formula is C14H28N2O2. The summed E-state index contributed by atoms with van der Waals surface area (Å²) in [5.41, 5.74) is 0.174. The van der Waals surface area contributed by atoms with Gasteiger partial charge in [0.1, 0.15) is 0 Å². The predicted octanol–water partition coefficient (Wildman–Crippen LogP) is 1.65. The standard InChI is InChI=1S/C14H28N2O2/c1-5-16(12-6-7-12)13(17)10-15-11-14(2,3)8-9-18-4/h12,15H,5-11H2,1-4H3. The summed E-state index contributed by atoms with van der Waals surface area (Å²) < 4.78 is 5.10. The number of nitrogens with zero attached hydrogens (tertiary/aromatic N) is 1. The summed E-state index contributed by atoms with van der Waals surface area (Å²) >= 11 is 0. The molecule has 1 aliphatic carbocycles. The van der Waals surface area contributed by atoms with Gasteiger partial charge in [-0.3, -0.25) is 4.79 Å². The van der Waals surface area contributed by atoms with Crippen molar-refractivity contribution in [1.29, 1.82) is 0 Å². The van der Waals surface area contributed by atoms with Crippen molar-refractivity contribution in [1.82, 2.24) is 10.2 Å². The minimum Gasteiger partial charge on any atom is -0.385 e. The first-order valence-electron chi connectivity index (χ1n) is 6.99. The van der Waals surface area contributed by atoms with Crippen LogP contribution in [0.15, 0.2) is 0 Å². The summed E-state index contributed by atoms with van der Waals surface area (Å²) in [7, 11) is 1.72. The van der Waals surface area contributed by atoms with Crippen molar-refractivity contribution in [2.45, 2.75) is 46.1 Å². The fraction of sp³-hybridized carbons (Fsp3) is 0.929. The van der Waals surface area contributed by atoms with Gasteiger partial charge in [0.2, 0.25) is 5.91 Å².